The Morgan fingerprint density at radius 3 is 2.77 bits per heavy atom. The molecule has 5 heteroatoms. The number of pyridine rings is 1. The van der Waals surface area contributed by atoms with Crippen molar-refractivity contribution in [1.82, 2.24) is 4.98 Å². The second kappa shape index (κ2) is 7.99. The summed E-state index contributed by atoms with van der Waals surface area (Å²) in [6.07, 6.45) is 3.66. The van der Waals surface area contributed by atoms with Crippen LogP contribution >= 0.6 is 11.6 Å². The van der Waals surface area contributed by atoms with E-state index in [9.17, 15) is 4.79 Å². The molecule has 0 radical (unpaired) electrons. The Morgan fingerprint density at radius 1 is 1.27 bits per heavy atom. The van der Waals surface area contributed by atoms with Crippen LogP contribution in [0.5, 0.6) is 5.75 Å². The van der Waals surface area contributed by atoms with Crippen LogP contribution < -0.4 is 4.74 Å². The topological polar surface area (TPSA) is 48.4 Å². The molecule has 0 N–H and O–H groups in total. The van der Waals surface area contributed by atoms with Gasteiger partial charge in [-0.2, -0.15) is 0 Å². The summed E-state index contributed by atoms with van der Waals surface area (Å²) in [5.74, 6) is 0.562. The Balaban J connectivity index is 1.97. The van der Waals surface area contributed by atoms with Crippen LogP contribution in [-0.2, 0) is 9.53 Å². The zero-order valence-electron chi connectivity index (χ0n) is 12.8. The summed E-state index contributed by atoms with van der Waals surface area (Å²) in [7, 11) is 0. The van der Waals surface area contributed by atoms with Gasteiger partial charge in [0.1, 0.15) is 11.3 Å². The second-order valence-corrected chi connectivity index (χ2v) is 5.51. The van der Waals surface area contributed by atoms with E-state index >= 15 is 0 Å². The molecule has 0 aliphatic carbocycles. The fourth-order valence-electron chi connectivity index (χ4n) is 2.14. The van der Waals surface area contributed by atoms with Crippen molar-refractivity contribution >= 4 is 28.5 Å². The number of rotatable bonds is 7. The number of carbonyl (C=O) groups is 1. The first-order valence-electron chi connectivity index (χ1n) is 7.47. The number of carbonyl (C=O) groups excluding carboxylic acids is 1. The molecule has 0 fully saturated rings. The van der Waals surface area contributed by atoms with E-state index < -0.39 is 0 Å². The minimum atomic E-state index is -0.370. The van der Waals surface area contributed by atoms with Crippen molar-refractivity contribution in [3.8, 4) is 5.75 Å². The number of aromatic nitrogens is 1. The van der Waals surface area contributed by atoms with Gasteiger partial charge in [-0.05, 0) is 30.2 Å². The monoisotopic (exact) mass is 321 g/mol. The van der Waals surface area contributed by atoms with Crippen LogP contribution in [0, 0.1) is 5.92 Å². The maximum atomic E-state index is 11.8. The lowest BCUT2D eigenvalue weighted by Gasteiger charge is -2.13. The lowest BCUT2D eigenvalue weighted by molar-refractivity contribution is -0.147. The maximum Gasteiger partial charge on any atom is 0.344 e. The molecule has 0 bridgehead atoms. The molecule has 4 nitrogen and oxygen atoms in total. The van der Waals surface area contributed by atoms with Crippen LogP contribution in [0.2, 0.25) is 5.02 Å². The molecule has 0 saturated carbocycles. The molecule has 0 aliphatic rings. The molecule has 1 heterocycles. The zero-order valence-corrected chi connectivity index (χ0v) is 13.6. The quantitative estimate of drug-likeness (QED) is 0.715. The molecule has 2 rings (SSSR count). The third kappa shape index (κ3) is 4.10. The molecule has 0 aliphatic heterocycles. The van der Waals surface area contributed by atoms with Gasteiger partial charge in [0.15, 0.2) is 6.61 Å². The number of esters is 1. The van der Waals surface area contributed by atoms with Gasteiger partial charge >= 0.3 is 5.97 Å². The van der Waals surface area contributed by atoms with E-state index in [1.807, 2.05) is 12.1 Å². The molecule has 118 valence electrons. The summed E-state index contributed by atoms with van der Waals surface area (Å²) >= 11 is 6.12. The average molecular weight is 322 g/mol. The highest BCUT2D eigenvalue weighted by Gasteiger charge is 2.11. The highest BCUT2D eigenvalue weighted by atomic mass is 35.5. The first-order valence-corrected chi connectivity index (χ1v) is 7.85. The largest absolute Gasteiger partial charge is 0.480 e. The molecule has 0 unspecified atom stereocenters. The normalized spacial score (nSPS) is 10.9. The molecule has 0 atom stereocenters. The summed E-state index contributed by atoms with van der Waals surface area (Å²) in [4.78, 5) is 16.0. The van der Waals surface area contributed by atoms with E-state index in [0.717, 1.165) is 18.2 Å². The first kappa shape index (κ1) is 16.6. The number of hydrogen-bond donors (Lipinski definition) is 0. The number of hydrogen-bond acceptors (Lipinski definition) is 4. The highest BCUT2D eigenvalue weighted by molar-refractivity contribution is 6.35. The van der Waals surface area contributed by atoms with Gasteiger partial charge in [0.05, 0.1) is 11.6 Å². The Bertz CT molecular complexity index is 641. The predicted molar refractivity (Wildman–Crippen MR) is 87.3 cm³/mol. The predicted octanol–water partition coefficient (Wildman–Crippen LogP) is 4.25. The smallest absolute Gasteiger partial charge is 0.344 e. The lowest BCUT2D eigenvalue weighted by atomic mass is 10.1. The van der Waals surface area contributed by atoms with E-state index in [1.54, 1.807) is 18.3 Å². The number of halogens is 1. The van der Waals surface area contributed by atoms with Crippen LogP contribution in [0.25, 0.3) is 10.9 Å². The van der Waals surface area contributed by atoms with Crippen molar-refractivity contribution in [1.29, 1.82) is 0 Å². The van der Waals surface area contributed by atoms with Gasteiger partial charge in [-0.1, -0.05) is 38.3 Å². The third-order valence-electron chi connectivity index (χ3n) is 3.66. The minimum absolute atomic E-state index is 0.131. The first-order chi connectivity index (χ1) is 10.7. The SMILES string of the molecule is CCC(CC)COC(=O)COc1ccc(Cl)c2cccnc12. The molecule has 2 aromatic rings. The summed E-state index contributed by atoms with van der Waals surface area (Å²) in [5.41, 5.74) is 0.641. The second-order valence-electron chi connectivity index (χ2n) is 5.10. The van der Waals surface area contributed by atoms with Crippen molar-refractivity contribution < 1.29 is 14.3 Å². The molecule has 1 aromatic heterocycles. The van der Waals surface area contributed by atoms with Crippen molar-refractivity contribution in [2.75, 3.05) is 13.2 Å². The molecular weight excluding hydrogens is 302 g/mol. The van der Waals surface area contributed by atoms with Crippen LogP contribution in [0.15, 0.2) is 30.5 Å². The number of fused-ring (bicyclic) bond motifs is 1. The molecule has 1 aromatic carbocycles. The molecule has 22 heavy (non-hydrogen) atoms. The Hall–Kier alpha value is -1.81. The van der Waals surface area contributed by atoms with Crippen LogP contribution in [0.4, 0.5) is 0 Å². The Morgan fingerprint density at radius 2 is 2.05 bits per heavy atom. The van der Waals surface area contributed by atoms with Gasteiger partial charge < -0.3 is 9.47 Å². The molecule has 0 saturated heterocycles. The lowest BCUT2D eigenvalue weighted by Crippen LogP contribution is -2.19. The molecule has 0 amide bonds. The van der Waals surface area contributed by atoms with Gasteiger partial charge in [-0.3, -0.25) is 4.98 Å². The molecule has 0 spiro atoms. The average Bonchev–Trinajstić information content (AvgIpc) is 2.55. The van der Waals surface area contributed by atoms with Crippen molar-refractivity contribution in [2.45, 2.75) is 26.7 Å². The van der Waals surface area contributed by atoms with Crippen molar-refractivity contribution in [3.05, 3.63) is 35.5 Å². The molecular formula is C17H20ClNO3. The standard InChI is InChI=1S/C17H20ClNO3/c1-3-12(4-2)10-22-16(20)11-21-15-8-7-14(18)13-6-5-9-19-17(13)15/h5-9,12H,3-4,10-11H2,1-2H3. The van der Waals surface area contributed by atoms with Crippen LogP contribution in [0.3, 0.4) is 0 Å². The Labute approximate surface area is 135 Å². The van der Waals surface area contributed by atoms with E-state index in [2.05, 4.69) is 18.8 Å². The van der Waals surface area contributed by atoms with Gasteiger partial charge in [-0.25, -0.2) is 4.79 Å². The van der Waals surface area contributed by atoms with Crippen molar-refractivity contribution in [2.24, 2.45) is 5.92 Å². The summed E-state index contributed by atoms with van der Waals surface area (Å²) in [6.45, 7) is 4.48. The van der Waals surface area contributed by atoms with Gasteiger partial charge in [-0.15, -0.1) is 0 Å². The van der Waals surface area contributed by atoms with Gasteiger partial charge in [0, 0.05) is 11.6 Å². The van der Waals surface area contributed by atoms with E-state index in [4.69, 9.17) is 21.1 Å². The highest BCUT2D eigenvalue weighted by Crippen LogP contribution is 2.29. The summed E-state index contributed by atoms with van der Waals surface area (Å²) in [6, 6.07) is 7.12. The fourth-order valence-corrected chi connectivity index (χ4v) is 2.36. The van der Waals surface area contributed by atoms with Crippen LogP contribution in [0.1, 0.15) is 26.7 Å². The zero-order chi connectivity index (χ0) is 15.9. The number of benzene rings is 1. The van der Waals surface area contributed by atoms with E-state index in [-0.39, 0.29) is 12.6 Å². The number of ether oxygens (including phenoxy) is 2. The Kier molecular flexibility index (Phi) is 6.01. The summed E-state index contributed by atoms with van der Waals surface area (Å²) < 4.78 is 10.8. The van der Waals surface area contributed by atoms with Gasteiger partial charge in [0.2, 0.25) is 0 Å². The third-order valence-corrected chi connectivity index (χ3v) is 3.99. The fraction of sp³-hybridized carbons (Fsp3) is 0.412. The van der Waals surface area contributed by atoms with Crippen LogP contribution in [-0.4, -0.2) is 24.2 Å². The minimum Gasteiger partial charge on any atom is -0.480 e. The van der Waals surface area contributed by atoms with E-state index in [1.165, 1.54) is 0 Å². The van der Waals surface area contributed by atoms with Crippen molar-refractivity contribution in [3.63, 3.8) is 0 Å². The summed E-state index contributed by atoms with van der Waals surface area (Å²) in [5, 5.41) is 1.40. The maximum absolute atomic E-state index is 11.8. The van der Waals surface area contributed by atoms with E-state index in [0.29, 0.717) is 28.8 Å². The van der Waals surface area contributed by atoms with Gasteiger partial charge in [0.25, 0.3) is 0 Å². The number of nitrogens with zero attached hydrogens (tertiary/aromatic N) is 1.